The molecule has 0 saturated heterocycles. The minimum Gasteiger partial charge on any atom is -0.191 e. The molecule has 0 aromatic heterocycles. The molecule has 0 radical (unpaired) electrons. The van der Waals surface area contributed by atoms with Crippen molar-refractivity contribution in [2.45, 2.75) is 23.3 Å². The van der Waals surface area contributed by atoms with Crippen molar-refractivity contribution in [2.75, 3.05) is 0 Å². The normalized spacial score (nSPS) is 15.9. The van der Waals surface area contributed by atoms with Crippen molar-refractivity contribution >= 4 is 22.1 Å². The second-order valence-electron chi connectivity index (χ2n) is 2.64. The van der Waals surface area contributed by atoms with Crippen LogP contribution in [0, 0.1) is 0 Å². The summed E-state index contributed by atoms with van der Waals surface area (Å²) in [6.07, 6.45) is -6.79. The highest BCUT2D eigenvalue weighted by molar-refractivity contribution is 7.81. The molecular weight excluding hydrogens is 335 g/mol. The van der Waals surface area contributed by atoms with E-state index in [1.165, 1.54) is 0 Å². The highest BCUT2D eigenvalue weighted by Crippen LogP contribution is 2.54. The summed E-state index contributed by atoms with van der Waals surface area (Å²) >= 11 is 3.49. The number of alkyl halides is 9. The van der Waals surface area contributed by atoms with Crippen LogP contribution in [0.15, 0.2) is 0 Å². The molecule has 0 saturated carbocycles. The van der Waals surface area contributed by atoms with Crippen LogP contribution in [0.1, 0.15) is 0 Å². The fourth-order valence-electron chi connectivity index (χ4n) is 0.538. The van der Waals surface area contributed by atoms with E-state index in [1.807, 2.05) is 0 Å². The van der Waals surface area contributed by atoms with E-state index in [0.29, 0.717) is 0 Å². The molecular formula is C4ClF9O3S. The average Bonchev–Trinajstić information content (AvgIpc) is 1.95. The lowest BCUT2D eigenvalue weighted by Gasteiger charge is -2.32. The number of hydrogen-bond acceptors (Lipinski definition) is 3. The highest BCUT2D eigenvalue weighted by atomic mass is 35.5. The van der Waals surface area contributed by atoms with Crippen molar-refractivity contribution in [3.8, 4) is 0 Å². The standard InChI is InChI=1S/C4ClF9O3S/c5-3(10,11)1(6,7)2(8,9)4(12,13)17-18(14,15)16. The molecule has 0 aromatic carbocycles. The molecule has 0 unspecified atom stereocenters. The van der Waals surface area contributed by atoms with E-state index in [9.17, 15) is 47.4 Å². The van der Waals surface area contributed by atoms with Crippen LogP contribution in [-0.2, 0) is 14.7 Å². The molecule has 0 rings (SSSR count). The van der Waals surface area contributed by atoms with Crippen LogP contribution in [0.25, 0.3) is 0 Å². The summed E-state index contributed by atoms with van der Waals surface area (Å²) < 4.78 is 130. The van der Waals surface area contributed by atoms with Gasteiger partial charge in [0.15, 0.2) is 0 Å². The zero-order valence-electron chi connectivity index (χ0n) is 7.41. The van der Waals surface area contributed by atoms with Crippen molar-refractivity contribution in [1.82, 2.24) is 0 Å². The van der Waals surface area contributed by atoms with Gasteiger partial charge in [0.25, 0.3) is 0 Å². The molecule has 3 nitrogen and oxygen atoms in total. The van der Waals surface area contributed by atoms with Gasteiger partial charge in [0, 0.05) is 0 Å². The monoisotopic (exact) mass is 334 g/mol. The van der Waals surface area contributed by atoms with Gasteiger partial charge in [-0.25, -0.2) is 0 Å². The van der Waals surface area contributed by atoms with Gasteiger partial charge in [0.2, 0.25) is 0 Å². The molecule has 0 aliphatic carbocycles. The summed E-state index contributed by atoms with van der Waals surface area (Å²) in [7, 11) is -6.82. The largest absolute Gasteiger partial charge is 0.442 e. The molecule has 0 aliphatic heterocycles. The van der Waals surface area contributed by atoms with Crippen molar-refractivity contribution in [1.29, 1.82) is 0 Å². The van der Waals surface area contributed by atoms with E-state index in [4.69, 9.17) is 0 Å². The molecule has 0 heterocycles. The van der Waals surface area contributed by atoms with Crippen LogP contribution < -0.4 is 0 Å². The van der Waals surface area contributed by atoms with Gasteiger partial charge in [-0.15, -0.1) is 0 Å². The second-order valence-corrected chi connectivity index (χ2v) is 4.07. The molecule has 0 bridgehead atoms. The first-order valence-corrected chi connectivity index (χ1v) is 5.00. The van der Waals surface area contributed by atoms with Crippen molar-refractivity contribution in [3.63, 3.8) is 0 Å². The predicted octanol–water partition coefficient (Wildman–Crippen LogP) is 2.91. The third-order valence-corrected chi connectivity index (χ3v) is 1.97. The number of halogens is 10. The molecule has 0 atom stereocenters. The summed E-state index contributed by atoms with van der Waals surface area (Å²) in [5.41, 5.74) is 0. The van der Waals surface area contributed by atoms with E-state index in [1.54, 1.807) is 4.18 Å². The molecule has 0 fully saturated rings. The SMILES string of the molecule is O=S(=O)(F)OC(F)(F)C(F)(F)C(F)(F)C(F)(F)Cl. The molecule has 0 aliphatic rings. The Balaban J connectivity index is 5.64. The van der Waals surface area contributed by atoms with Crippen LogP contribution in [0.4, 0.5) is 39.0 Å². The van der Waals surface area contributed by atoms with Crippen LogP contribution in [0.5, 0.6) is 0 Å². The summed E-state index contributed by atoms with van der Waals surface area (Å²) in [6, 6.07) is 0. The predicted molar refractivity (Wildman–Crippen MR) is 36.8 cm³/mol. The Morgan fingerprint density at radius 2 is 1.17 bits per heavy atom. The molecule has 0 N–H and O–H groups in total. The molecule has 0 spiro atoms. The fourth-order valence-corrected chi connectivity index (χ4v) is 1.01. The van der Waals surface area contributed by atoms with Gasteiger partial charge in [-0.05, 0) is 11.6 Å². The zero-order chi connectivity index (χ0) is 15.2. The van der Waals surface area contributed by atoms with E-state index >= 15 is 0 Å². The maximum absolute atomic E-state index is 12.4. The number of hydrogen-bond donors (Lipinski definition) is 0. The Morgan fingerprint density at radius 1 is 0.833 bits per heavy atom. The highest BCUT2D eigenvalue weighted by Gasteiger charge is 2.82. The summed E-state index contributed by atoms with van der Waals surface area (Å²) in [5, 5.41) is -6.18. The van der Waals surface area contributed by atoms with E-state index in [2.05, 4.69) is 11.6 Å². The third-order valence-electron chi connectivity index (χ3n) is 1.32. The van der Waals surface area contributed by atoms with E-state index in [0.717, 1.165) is 0 Å². The maximum Gasteiger partial charge on any atom is 0.442 e. The summed E-state index contributed by atoms with van der Waals surface area (Å²) in [6.45, 7) is 0. The third kappa shape index (κ3) is 3.12. The van der Waals surface area contributed by atoms with Crippen molar-refractivity contribution in [2.24, 2.45) is 0 Å². The molecule has 0 amide bonds. The first kappa shape index (κ1) is 17.6. The van der Waals surface area contributed by atoms with Gasteiger partial charge < -0.3 is 0 Å². The van der Waals surface area contributed by atoms with Gasteiger partial charge in [-0.3, -0.25) is 0 Å². The van der Waals surface area contributed by atoms with Crippen molar-refractivity contribution < 1.29 is 51.6 Å². The van der Waals surface area contributed by atoms with Crippen LogP contribution in [0.3, 0.4) is 0 Å². The minimum atomic E-state index is -7.11. The summed E-state index contributed by atoms with van der Waals surface area (Å²) in [5.74, 6) is -14.0. The van der Waals surface area contributed by atoms with Gasteiger partial charge in [-0.2, -0.15) is 47.7 Å². The van der Waals surface area contributed by atoms with Crippen molar-refractivity contribution in [3.05, 3.63) is 0 Å². The molecule has 14 heteroatoms. The lowest BCUT2D eigenvalue weighted by atomic mass is 10.1. The minimum absolute atomic E-state index is 1.72. The molecule has 18 heavy (non-hydrogen) atoms. The van der Waals surface area contributed by atoms with Crippen LogP contribution in [0.2, 0.25) is 0 Å². The Labute approximate surface area is 97.9 Å². The second kappa shape index (κ2) is 4.30. The lowest BCUT2D eigenvalue weighted by Crippen LogP contribution is -2.61. The van der Waals surface area contributed by atoms with Gasteiger partial charge in [0.05, 0.1) is 0 Å². The van der Waals surface area contributed by atoms with E-state index in [-0.39, 0.29) is 0 Å². The van der Waals surface area contributed by atoms with Crippen LogP contribution >= 0.6 is 11.6 Å². The topological polar surface area (TPSA) is 43.4 Å². The Bertz CT molecular complexity index is 412. The van der Waals surface area contributed by atoms with Gasteiger partial charge in [0.1, 0.15) is 0 Å². The first-order valence-electron chi connectivity index (χ1n) is 3.31. The zero-order valence-corrected chi connectivity index (χ0v) is 8.99. The van der Waals surface area contributed by atoms with Gasteiger partial charge >= 0.3 is 33.8 Å². The fraction of sp³-hybridized carbons (Fsp3) is 1.00. The molecule has 0 aromatic rings. The Hall–Kier alpha value is -0.430. The average molecular weight is 335 g/mol. The van der Waals surface area contributed by atoms with Crippen LogP contribution in [-0.4, -0.2) is 31.8 Å². The number of rotatable bonds is 5. The smallest absolute Gasteiger partial charge is 0.191 e. The Kier molecular flexibility index (Phi) is 4.20. The quantitative estimate of drug-likeness (QED) is 0.441. The molecule has 110 valence electrons. The summed E-state index contributed by atoms with van der Waals surface area (Å²) in [4.78, 5) is 0. The maximum atomic E-state index is 12.4. The van der Waals surface area contributed by atoms with E-state index < -0.39 is 33.8 Å². The lowest BCUT2D eigenvalue weighted by molar-refractivity contribution is -0.396. The first-order chi connectivity index (χ1) is 7.46. The Morgan fingerprint density at radius 3 is 1.39 bits per heavy atom. The van der Waals surface area contributed by atoms with Gasteiger partial charge in [-0.1, -0.05) is 3.89 Å².